The monoisotopic (exact) mass is 460 g/mol. The molecule has 1 aliphatic heterocycles. The number of methoxy groups -OCH3 is 1. The zero-order valence-electron chi connectivity index (χ0n) is 18.8. The minimum absolute atomic E-state index is 0.0187. The van der Waals surface area contributed by atoms with Gasteiger partial charge in [0.15, 0.2) is 0 Å². The predicted octanol–water partition coefficient (Wildman–Crippen LogP) is 2.05. The van der Waals surface area contributed by atoms with Crippen molar-refractivity contribution in [1.29, 1.82) is 0 Å². The number of nitrogens with one attached hydrogen (secondary N) is 1. The number of hydrogen-bond acceptors (Lipinski definition) is 7. The molecule has 1 aliphatic rings. The largest absolute Gasteiger partial charge is 0.494 e. The van der Waals surface area contributed by atoms with E-state index < -0.39 is 0 Å². The zero-order valence-corrected chi connectivity index (χ0v) is 19.7. The van der Waals surface area contributed by atoms with Crippen LogP contribution in [0.2, 0.25) is 0 Å². The molecule has 0 bridgehead atoms. The number of rotatable bonds is 11. The Labute approximate surface area is 193 Å². The molecule has 2 heterocycles. The van der Waals surface area contributed by atoms with Gasteiger partial charge < -0.3 is 19.7 Å². The lowest BCUT2D eigenvalue weighted by atomic mass is 10.2. The molecule has 1 fully saturated rings. The average molecular weight is 461 g/mol. The first-order chi connectivity index (χ1) is 15.6. The van der Waals surface area contributed by atoms with Gasteiger partial charge in [-0.05, 0) is 37.6 Å². The Bertz CT molecular complexity index is 863. The van der Waals surface area contributed by atoms with E-state index in [9.17, 15) is 9.59 Å². The Morgan fingerprint density at radius 3 is 2.59 bits per heavy atom. The molecule has 8 nitrogen and oxygen atoms in total. The fraction of sp³-hybridized carbons (Fsp3) is 0.522. The molecule has 3 rings (SSSR count). The lowest BCUT2D eigenvalue weighted by molar-refractivity contribution is -0.132. The van der Waals surface area contributed by atoms with Crippen molar-refractivity contribution in [3.63, 3.8) is 0 Å². The second-order valence-corrected chi connectivity index (χ2v) is 8.49. The fourth-order valence-corrected chi connectivity index (χ4v) is 4.33. The summed E-state index contributed by atoms with van der Waals surface area (Å²) in [5, 5.41) is 5.75. The molecular formula is C23H32N4O4S. The standard InChI is InChI=1S/C23H32N4O4S/c1-3-31-20-7-5-18(6-8-20)23-25-19(17-32-23)15-22(29)27-12-10-26(11-13-27)16-21(28)24-9-4-14-30-2/h5-8,17H,3-4,9-16H2,1-2H3,(H,24,28). The van der Waals surface area contributed by atoms with Crippen LogP contribution in [-0.4, -0.2) is 86.2 Å². The summed E-state index contributed by atoms with van der Waals surface area (Å²) in [6.45, 7) is 6.89. The molecule has 1 N–H and O–H groups in total. The highest BCUT2D eigenvalue weighted by atomic mass is 32.1. The van der Waals surface area contributed by atoms with Gasteiger partial charge in [0, 0.05) is 57.4 Å². The van der Waals surface area contributed by atoms with Gasteiger partial charge in [0.1, 0.15) is 10.8 Å². The molecule has 2 aromatic rings. The number of aromatic nitrogens is 1. The molecule has 0 aliphatic carbocycles. The number of ether oxygens (including phenoxy) is 2. The second-order valence-electron chi connectivity index (χ2n) is 7.63. The lowest BCUT2D eigenvalue weighted by Crippen LogP contribution is -2.51. The van der Waals surface area contributed by atoms with Gasteiger partial charge in [-0.1, -0.05) is 0 Å². The Kier molecular flexibility index (Phi) is 9.45. The van der Waals surface area contributed by atoms with Crippen LogP contribution in [0.15, 0.2) is 29.6 Å². The van der Waals surface area contributed by atoms with Gasteiger partial charge in [0.05, 0.1) is 25.3 Å². The molecule has 1 aromatic heterocycles. The van der Waals surface area contributed by atoms with E-state index in [1.54, 1.807) is 18.4 Å². The highest BCUT2D eigenvalue weighted by Gasteiger charge is 2.23. The molecule has 0 radical (unpaired) electrons. The van der Waals surface area contributed by atoms with Gasteiger partial charge in [-0.15, -0.1) is 11.3 Å². The quantitative estimate of drug-likeness (QED) is 0.517. The molecule has 32 heavy (non-hydrogen) atoms. The normalized spacial score (nSPS) is 14.4. The summed E-state index contributed by atoms with van der Waals surface area (Å²) in [5.41, 5.74) is 1.81. The molecule has 9 heteroatoms. The van der Waals surface area contributed by atoms with Crippen molar-refractivity contribution in [3.8, 4) is 16.3 Å². The van der Waals surface area contributed by atoms with Crippen LogP contribution in [-0.2, 0) is 20.7 Å². The Balaban J connectivity index is 1.42. The van der Waals surface area contributed by atoms with Crippen LogP contribution in [0.4, 0.5) is 0 Å². The van der Waals surface area contributed by atoms with Crippen molar-refractivity contribution < 1.29 is 19.1 Å². The number of hydrogen-bond donors (Lipinski definition) is 1. The Hall–Kier alpha value is -2.49. The maximum atomic E-state index is 12.7. The summed E-state index contributed by atoms with van der Waals surface area (Å²) in [5.74, 6) is 0.938. The number of benzene rings is 1. The minimum atomic E-state index is 0.0187. The summed E-state index contributed by atoms with van der Waals surface area (Å²) in [7, 11) is 1.65. The van der Waals surface area contributed by atoms with Crippen molar-refractivity contribution in [2.45, 2.75) is 19.8 Å². The van der Waals surface area contributed by atoms with Crippen LogP contribution in [0.1, 0.15) is 19.0 Å². The molecule has 2 amide bonds. The smallest absolute Gasteiger partial charge is 0.234 e. The Morgan fingerprint density at radius 2 is 1.91 bits per heavy atom. The van der Waals surface area contributed by atoms with E-state index in [0.717, 1.165) is 28.4 Å². The highest BCUT2D eigenvalue weighted by molar-refractivity contribution is 7.13. The SMILES string of the molecule is CCOc1ccc(-c2nc(CC(=O)N3CCN(CC(=O)NCCCOC)CC3)cs2)cc1. The minimum Gasteiger partial charge on any atom is -0.494 e. The van der Waals surface area contributed by atoms with E-state index in [1.165, 1.54) is 0 Å². The third-order valence-electron chi connectivity index (χ3n) is 5.24. The van der Waals surface area contributed by atoms with Gasteiger partial charge in [-0.25, -0.2) is 4.98 Å². The first kappa shape index (κ1) is 24.2. The van der Waals surface area contributed by atoms with E-state index in [-0.39, 0.29) is 11.8 Å². The average Bonchev–Trinajstić information content (AvgIpc) is 3.26. The second kappa shape index (κ2) is 12.5. The maximum Gasteiger partial charge on any atom is 0.234 e. The van der Waals surface area contributed by atoms with Crippen molar-refractivity contribution in [2.24, 2.45) is 0 Å². The third-order valence-corrected chi connectivity index (χ3v) is 6.18. The predicted molar refractivity (Wildman–Crippen MR) is 125 cm³/mol. The molecule has 174 valence electrons. The van der Waals surface area contributed by atoms with Crippen molar-refractivity contribution in [2.75, 3.05) is 59.6 Å². The van der Waals surface area contributed by atoms with E-state index in [4.69, 9.17) is 9.47 Å². The number of piperazine rings is 1. The van der Waals surface area contributed by atoms with Gasteiger partial charge >= 0.3 is 0 Å². The van der Waals surface area contributed by atoms with Gasteiger partial charge in [0.2, 0.25) is 11.8 Å². The number of nitrogens with zero attached hydrogens (tertiary/aromatic N) is 3. The molecule has 0 saturated carbocycles. The van der Waals surface area contributed by atoms with E-state index in [0.29, 0.717) is 58.9 Å². The van der Waals surface area contributed by atoms with E-state index in [2.05, 4.69) is 15.2 Å². The van der Waals surface area contributed by atoms with Crippen molar-refractivity contribution >= 4 is 23.2 Å². The van der Waals surface area contributed by atoms with Gasteiger partial charge in [-0.2, -0.15) is 0 Å². The molecule has 0 atom stereocenters. The topological polar surface area (TPSA) is 84.0 Å². The molecule has 1 aromatic carbocycles. The summed E-state index contributed by atoms with van der Waals surface area (Å²) in [6.07, 6.45) is 1.11. The van der Waals surface area contributed by atoms with Crippen LogP contribution < -0.4 is 10.1 Å². The molecular weight excluding hydrogens is 428 g/mol. The summed E-state index contributed by atoms with van der Waals surface area (Å²) >= 11 is 1.54. The Morgan fingerprint density at radius 1 is 1.16 bits per heavy atom. The number of amides is 2. The summed E-state index contributed by atoms with van der Waals surface area (Å²) in [6, 6.07) is 7.85. The van der Waals surface area contributed by atoms with Crippen LogP contribution in [0.5, 0.6) is 5.75 Å². The van der Waals surface area contributed by atoms with Crippen molar-refractivity contribution in [3.05, 3.63) is 35.3 Å². The van der Waals surface area contributed by atoms with Gasteiger partial charge in [0.25, 0.3) is 0 Å². The zero-order chi connectivity index (χ0) is 22.8. The molecule has 0 spiro atoms. The summed E-state index contributed by atoms with van der Waals surface area (Å²) < 4.78 is 10.5. The molecule has 1 saturated heterocycles. The third kappa shape index (κ3) is 7.29. The van der Waals surface area contributed by atoms with E-state index >= 15 is 0 Å². The van der Waals surface area contributed by atoms with Crippen LogP contribution >= 0.6 is 11.3 Å². The van der Waals surface area contributed by atoms with E-state index in [1.807, 2.05) is 41.5 Å². The number of carbonyl (C=O) groups excluding carboxylic acids is 2. The van der Waals surface area contributed by atoms with Crippen molar-refractivity contribution in [1.82, 2.24) is 20.1 Å². The number of carbonyl (C=O) groups is 2. The summed E-state index contributed by atoms with van der Waals surface area (Å²) in [4.78, 5) is 33.3. The van der Waals surface area contributed by atoms with Crippen LogP contribution in [0, 0.1) is 0 Å². The first-order valence-electron chi connectivity index (χ1n) is 11.0. The highest BCUT2D eigenvalue weighted by Crippen LogP contribution is 2.26. The fourth-order valence-electron chi connectivity index (χ4n) is 3.51. The number of thiazole rings is 1. The van der Waals surface area contributed by atoms with Crippen LogP contribution in [0.25, 0.3) is 10.6 Å². The first-order valence-corrected chi connectivity index (χ1v) is 11.9. The molecule has 0 unspecified atom stereocenters. The van der Waals surface area contributed by atoms with Crippen LogP contribution in [0.3, 0.4) is 0 Å². The maximum absolute atomic E-state index is 12.7. The lowest BCUT2D eigenvalue weighted by Gasteiger charge is -2.34. The van der Waals surface area contributed by atoms with Gasteiger partial charge in [-0.3, -0.25) is 14.5 Å².